The molecule has 4 nitrogen and oxygen atoms in total. The molecule has 1 heterocycles. The Morgan fingerprint density at radius 1 is 0.920 bits per heavy atom. The topological polar surface area (TPSA) is 50.4 Å². The van der Waals surface area contributed by atoms with Crippen molar-refractivity contribution >= 4 is 22.7 Å². The zero-order valence-corrected chi connectivity index (χ0v) is 15.3. The molecular formula is C20H25N3OS. The number of benzene rings is 2. The highest BCUT2D eigenvalue weighted by Crippen LogP contribution is 2.26. The molecule has 1 unspecified atom stereocenters. The van der Waals surface area contributed by atoms with Gasteiger partial charge in [0.15, 0.2) is 4.90 Å². The van der Waals surface area contributed by atoms with E-state index in [1.165, 1.54) is 36.1 Å². The number of hydrogen-bond acceptors (Lipinski definition) is 4. The third-order valence-corrected chi connectivity index (χ3v) is 6.21. The van der Waals surface area contributed by atoms with E-state index in [4.69, 9.17) is 0 Å². The Bertz CT molecular complexity index is 713. The largest absolute Gasteiger partial charge is 0.588 e. The summed E-state index contributed by atoms with van der Waals surface area (Å²) in [7, 11) is 0. The predicted octanol–water partition coefficient (Wildman–Crippen LogP) is 3.11. The van der Waals surface area contributed by atoms with Crippen molar-refractivity contribution in [3.8, 4) is 0 Å². The molecule has 5 heteroatoms. The molecular weight excluding hydrogens is 330 g/mol. The van der Waals surface area contributed by atoms with Crippen molar-refractivity contribution in [3.63, 3.8) is 0 Å². The third-order valence-electron chi connectivity index (χ3n) is 5.09. The molecule has 0 saturated carbocycles. The molecule has 25 heavy (non-hydrogen) atoms. The standard InChI is InChI=1S/C20H25N3OS/c24-25(22-18-6-5-16-3-1-2-4-17(16)15-18)20-9-7-19(8-10-20)23-13-11-21-12-14-23/h5-10,15,21-22H,1-4,11-14H2. The summed E-state index contributed by atoms with van der Waals surface area (Å²) in [4.78, 5) is 3.18. The summed E-state index contributed by atoms with van der Waals surface area (Å²) >= 11 is -1.23. The Morgan fingerprint density at radius 2 is 1.64 bits per heavy atom. The summed E-state index contributed by atoms with van der Waals surface area (Å²) in [5, 5.41) is 3.36. The predicted molar refractivity (Wildman–Crippen MR) is 105 cm³/mol. The first-order valence-corrected chi connectivity index (χ1v) is 10.3. The molecule has 1 saturated heterocycles. The summed E-state index contributed by atoms with van der Waals surface area (Å²) < 4.78 is 15.8. The van der Waals surface area contributed by atoms with E-state index >= 15 is 0 Å². The molecule has 4 rings (SSSR count). The van der Waals surface area contributed by atoms with Gasteiger partial charge in [-0.3, -0.25) is 0 Å². The van der Waals surface area contributed by atoms with Crippen LogP contribution in [0.1, 0.15) is 24.0 Å². The van der Waals surface area contributed by atoms with Gasteiger partial charge in [-0.1, -0.05) is 6.07 Å². The Labute approximate surface area is 152 Å². The van der Waals surface area contributed by atoms with E-state index in [1.54, 1.807) is 0 Å². The second kappa shape index (κ2) is 7.68. The number of nitrogens with zero attached hydrogens (tertiary/aromatic N) is 1. The van der Waals surface area contributed by atoms with Crippen LogP contribution < -0.4 is 14.9 Å². The van der Waals surface area contributed by atoms with Gasteiger partial charge < -0.3 is 14.8 Å². The fraction of sp³-hybridized carbons (Fsp3) is 0.400. The van der Waals surface area contributed by atoms with Crippen LogP contribution in [-0.2, 0) is 24.2 Å². The van der Waals surface area contributed by atoms with Crippen molar-refractivity contribution in [2.24, 2.45) is 0 Å². The van der Waals surface area contributed by atoms with Crippen LogP contribution in [0.25, 0.3) is 0 Å². The molecule has 1 aliphatic carbocycles. The van der Waals surface area contributed by atoms with Gasteiger partial charge in [-0.25, -0.2) is 4.72 Å². The number of anilines is 2. The first kappa shape index (κ1) is 16.8. The Hall–Kier alpha value is -1.69. The summed E-state index contributed by atoms with van der Waals surface area (Å²) in [6.07, 6.45) is 4.85. The van der Waals surface area contributed by atoms with E-state index < -0.39 is 11.4 Å². The van der Waals surface area contributed by atoms with Crippen molar-refractivity contribution < 1.29 is 4.55 Å². The first-order chi connectivity index (χ1) is 12.3. The van der Waals surface area contributed by atoms with Crippen LogP contribution in [0.5, 0.6) is 0 Å². The molecule has 1 atom stereocenters. The summed E-state index contributed by atoms with van der Waals surface area (Å²) in [5.74, 6) is 0. The molecule has 2 N–H and O–H groups in total. The first-order valence-electron chi connectivity index (χ1n) is 9.15. The molecule has 0 bridgehead atoms. The molecule has 0 spiro atoms. The zero-order chi connectivity index (χ0) is 17.1. The van der Waals surface area contributed by atoms with E-state index in [9.17, 15) is 4.55 Å². The van der Waals surface area contributed by atoms with Gasteiger partial charge >= 0.3 is 0 Å². The fourth-order valence-electron chi connectivity index (χ4n) is 3.67. The van der Waals surface area contributed by atoms with Crippen LogP contribution in [0.15, 0.2) is 47.4 Å². The lowest BCUT2D eigenvalue weighted by molar-refractivity contribution is 0.588. The van der Waals surface area contributed by atoms with Gasteiger partial charge in [0.25, 0.3) is 0 Å². The zero-order valence-electron chi connectivity index (χ0n) is 14.5. The van der Waals surface area contributed by atoms with Gasteiger partial charge in [-0.05, 0) is 73.2 Å². The maximum atomic E-state index is 12.6. The van der Waals surface area contributed by atoms with E-state index in [0.29, 0.717) is 0 Å². The number of aryl methyl sites for hydroxylation is 2. The Balaban J connectivity index is 1.43. The number of fused-ring (bicyclic) bond motifs is 1. The fourth-order valence-corrected chi connectivity index (χ4v) is 4.51. The molecule has 1 fully saturated rings. The minimum atomic E-state index is -1.23. The van der Waals surface area contributed by atoms with Crippen molar-refractivity contribution in [2.75, 3.05) is 35.8 Å². The summed E-state index contributed by atoms with van der Waals surface area (Å²) in [6, 6.07) is 14.5. The van der Waals surface area contributed by atoms with Gasteiger partial charge in [-0.2, -0.15) is 0 Å². The maximum absolute atomic E-state index is 12.6. The van der Waals surface area contributed by atoms with E-state index in [1.807, 2.05) is 12.1 Å². The Morgan fingerprint density at radius 3 is 2.40 bits per heavy atom. The lowest BCUT2D eigenvalue weighted by Gasteiger charge is -2.29. The average molecular weight is 356 g/mol. The highest BCUT2D eigenvalue weighted by atomic mass is 32.2. The minimum absolute atomic E-state index is 0.816. The van der Waals surface area contributed by atoms with Crippen molar-refractivity contribution in [1.82, 2.24) is 5.32 Å². The summed E-state index contributed by atoms with van der Waals surface area (Å²) in [6.45, 7) is 4.09. The van der Waals surface area contributed by atoms with Crippen LogP contribution in [0.3, 0.4) is 0 Å². The third kappa shape index (κ3) is 3.94. The summed E-state index contributed by atoms with van der Waals surface area (Å²) in [5.41, 5.74) is 5.01. The molecule has 132 valence electrons. The normalized spacial score (nSPS) is 18.5. The van der Waals surface area contributed by atoms with E-state index in [2.05, 4.69) is 45.3 Å². The maximum Gasteiger partial charge on any atom is 0.180 e. The number of piperazine rings is 1. The number of hydrogen-bond donors (Lipinski definition) is 2. The molecule has 0 radical (unpaired) electrons. The molecule has 0 aromatic heterocycles. The van der Waals surface area contributed by atoms with E-state index in [0.717, 1.165) is 43.2 Å². The van der Waals surface area contributed by atoms with Crippen molar-refractivity contribution in [2.45, 2.75) is 30.6 Å². The number of rotatable bonds is 4. The van der Waals surface area contributed by atoms with Gasteiger partial charge in [0.2, 0.25) is 0 Å². The SMILES string of the molecule is [O-][S+](Nc1ccc2c(c1)CCCC2)c1ccc(N2CCNCC2)cc1. The molecule has 0 amide bonds. The van der Waals surface area contributed by atoms with Crippen LogP contribution >= 0.6 is 0 Å². The van der Waals surface area contributed by atoms with Crippen LogP contribution in [-0.4, -0.2) is 30.7 Å². The van der Waals surface area contributed by atoms with Crippen molar-refractivity contribution in [3.05, 3.63) is 53.6 Å². The lowest BCUT2D eigenvalue weighted by Crippen LogP contribution is -2.43. The Kier molecular flexibility index (Phi) is 5.15. The van der Waals surface area contributed by atoms with E-state index in [-0.39, 0.29) is 0 Å². The second-order valence-corrected chi connectivity index (χ2v) is 8.01. The molecule has 2 aromatic rings. The van der Waals surface area contributed by atoms with Gasteiger partial charge in [0.1, 0.15) is 11.4 Å². The minimum Gasteiger partial charge on any atom is -0.588 e. The van der Waals surface area contributed by atoms with Gasteiger partial charge in [-0.15, -0.1) is 0 Å². The lowest BCUT2D eigenvalue weighted by atomic mass is 9.91. The highest BCUT2D eigenvalue weighted by Gasteiger charge is 2.16. The second-order valence-electron chi connectivity index (χ2n) is 6.79. The van der Waals surface area contributed by atoms with Crippen LogP contribution in [0, 0.1) is 0 Å². The van der Waals surface area contributed by atoms with Crippen molar-refractivity contribution in [1.29, 1.82) is 0 Å². The smallest absolute Gasteiger partial charge is 0.180 e. The van der Waals surface area contributed by atoms with Gasteiger partial charge in [0.05, 0.1) is 5.69 Å². The van der Waals surface area contributed by atoms with Crippen LogP contribution in [0.2, 0.25) is 0 Å². The van der Waals surface area contributed by atoms with Gasteiger partial charge in [0, 0.05) is 31.9 Å². The average Bonchev–Trinajstić information content (AvgIpc) is 2.69. The molecule has 2 aliphatic rings. The monoisotopic (exact) mass is 355 g/mol. The number of nitrogens with one attached hydrogen (secondary N) is 2. The molecule has 2 aromatic carbocycles. The van der Waals surface area contributed by atoms with Crippen LogP contribution in [0.4, 0.5) is 11.4 Å². The quantitative estimate of drug-likeness (QED) is 0.828. The molecule has 1 aliphatic heterocycles. The highest BCUT2D eigenvalue weighted by molar-refractivity contribution is 7.92.